The zero-order valence-corrected chi connectivity index (χ0v) is 14.4. The van der Waals surface area contributed by atoms with Crippen molar-refractivity contribution >= 4 is 17.2 Å². The minimum Gasteiger partial charge on any atom is -0.351 e. The first-order valence-corrected chi connectivity index (χ1v) is 9.13. The van der Waals surface area contributed by atoms with E-state index in [2.05, 4.69) is 15.2 Å². The average molecular weight is 329 g/mol. The zero-order chi connectivity index (χ0) is 16.1. The highest BCUT2D eigenvalue weighted by molar-refractivity contribution is 7.13. The van der Waals surface area contributed by atoms with Gasteiger partial charge in [-0.05, 0) is 45.0 Å². The second kappa shape index (κ2) is 7.70. The third kappa shape index (κ3) is 4.39. The van der Waals surface area contributed by atoms with Crippen LogP contribution in [-0.4, -0.2) is 42.0 Å². The predicted octanol–water partition coefficient (Wildman–Crippen LogP) is 3.33. The van der Waals surface area contributed by atoms with Crippen LogP contribution in [0.25, 0.3) is 10.6 Å². The Morgan fingerprint density at radius 2 is 1.96 bits per heavy atom. The summed E-state index contributed by atoms with van der Waals surface area (Å²) in [6.45, 7) is 5.98. The highest BCUT2D eigenvalue weighted by Gasteiger charge is 2.11. The van der Waals surface area contributed by atoms with Crippen molar-refractivity contribution in [3.8, 4) is 10.6 Å². The molecule has 1 N–H and O–H groups in total. The van der Waals surface area contributed by atoms with Crippen LogP contribution >= 0.6 is 11.3 Å². The maximum atomic E-state index is 12.2. The van der Waals surface area contributed by atoms with E-state index in [1.54, 1.807) is 11.3 Å². The first-order valence-electron chi connectivity index (χ1n) is 8.25. The van der Waals surface area contributed by atoms with Gasteiger partial charge < -0.3 is 10.2 Å². The van der Waals surface area contributed by atoms with Crippen molar-refractivity contribution in [1.29, 1.82) is 0 Å². The minimum absolute atomic E-state index is 0.00359. The van der Waals surface area contributed by atoms with Crippen LogP contribution < -0.4 is 5.32 Å². The van der Waals surface area contributed by atoms with E-state index in [4.69, 9.17) is 0 Å². The number of thiazole rings is 1. The quantitative estimate of drug-likeness (QED) is 0.915. The van der Waals surface area contributed by atoms with Crippen molar-refractivity contribution in [1.82, 2.24) is 15.2 Å². The molecule has 23 heavy (non-hydrogen) atoms. The minimum atomic E-state index is 0.00359. The molecule has 0 spiro atoms. The van der Waals surface area contributed by atoms with Gasteiger partial charge in [-0.2, -0.15) is 0 Å². The molecule has 1 aromatic heterocycles. The number of carbonyl (C=O) groups excluding carboxylic acids is 1. The number of aryl methyl sites for hydroxylation is 1. The number of likely N-dealkylation sites (tertiary alicyclic amines) is 1. The standard InChI is InChI=1S/C18H23N3OS/c1-14-13-23-18(20-14)16-7-5-15(6-8-16)17(22)19-9-12-21-10-3-2-4-11-21/h5-8,13H,2-4,9-12H2,1H3,(H,19,22). The number of hydrogen-bond donors (Lipinski definition) is 1. The van der Waals surface area contributed by atoms with Gasteiger partial charge in [0.05, 0.1) is 0 Å². The molecule has 4 nitrogen and oxygen atoms in total. The molecule has 0 radical (unpaired) electrons. The number of nitrogens with zero attached hydrogens (tertiary/aromatic N) is 2. The number of piperidine rings is 1. The fourth-order valence-corrected chi connectivity index (χ4v) is 3.67. The maximum absolute atomic E-state index is 12.2. The summed E-state index contributed by atoms with van der Waals surface area (Å²) in [5.74, 6) is 0.00359. The summed E-state index contributed by atoms with van der Waals surface area (Å²) in [4.78, 5) is 19.1. The summed E-state index contributed by atoms with van der Waals surface area (Å²) >= 11 is 1.63. The molecule has 1 amide bonds. The summed E-state index contributed by atoms with van der Waals surface area (Å²) < 4.78 is 0. The topological polar surface area (TPSA) is 45.2 Å². The van der Waals surface area contributed by atoms with Crippen LogP contribution in [0.15, 0.2) is 29.6 Å². The average Bonchev–Trinajstić information content (AvgIpc) is 3.02. The molecule has 0 bridgehead atoms. The van der Waals surface area contributed by atoms with Gasteiger partial charge in [0.25, 0.3) is 5.91 Å². The van der Waals surface area contributed by atoms with Crippen molar-refractivity contribution in [3.63, 3.8) is 0 Å². The predicted molar refractivity (Wildman–Crippen MR) is 94.9 cm³/mol. The first kappa shape index (κ1) is 16.1. The molecule has 1 aliphatic rings. The Morgan fingerprint density at radius 1 is 1.22 bits per heavy atom. The molecular formula is C18H23N3OS. The van der Waals surface area contributed by atoms with E-state index in [-0.39, 0.29) is 5.91 Å². The largest absolute Gasteiger partial charge is 0.351 e. The highest BCUT2D eigenvalue weighted by atomic mass is 32.1. The molecule has 1 fully saturated rings. The Morgan fingerprint density at radius 3 is 2.61 bits per heavy atom. The summed E-state index contributed by atoms with van der Waals surface area (Å²) in [5, 5.41) is 6.05. The fourth-order valence-electron chi connectivity index (χ4n) is 2.86. The van der Waals surface area contributed by atoms with Gasteiger partial charge >= 0.3 is 0 Å². The van der Waals surface area contributed by atoms with Crippen LogP contribution in [0, 0.1) is 6.92 Å². The smallest absolute Gasteiger partial charge is 0.251 e. The van der Waals surface area contributed by atoms with Crippen molar-refractivity contribution in [2.24, 2.45) is 0 Å². The lowest BCUT2D eigenvalue weighted by atomic mass is 10.1. The second-order valence-corrected chi connectivity index (χ2v) is 6.89. The Labute approximate surface area is 141 Å². The van der Waals surface area contributed by atoms with Crippen molar-refractivity contribution in [3.05, 3.63) is 40.9 Å². The van der Waals surface area contributed by atoms with Gasteiger partial charge in [-0.3, -0.25) is 4.79 Å². The van der Waals surface area contributed by atoms with Gasteiger partial charge in [0.15, 0.2) is 0 Å². The number of rotatable bonds is 5. The van der Waals surface area contributed by atoms with E-state index >= 15 is 0 Å². The summed E-state index contributed by atoms with van der Waals surface area (Å²) in [7, 11) is 0. The summed E-state index contributed by atoms with van der Waals surface area (Å²) in [5.41, 5.74) is 2.80. The van der Waals surface area contributed by atoms with Crippen LogP contribution in [-0.2, 0) is 0 Å². The van der Waals surface area contributed by atoms with Crippen LogP contribution in [0.5, 0.6) is 0 Å². The van der Waals surface area contributed by atoms with Gasteiger partial charge in [0, 0.05) is 35.3 Å². The first-order chi connectivity index (χ1) is 11.2. The number of benzene rings is 1. The Kier molecular flexibility index (Phi) is 5.41. The molecule has 2 aromatic rings. The van der Waals surface area contributed by atoms with Crippen molar-refractivity contribution < 1.29 is 4.79 Å². The summed E-state index contributed by atoms with van der Waals surface area (Å²) in [6.07, 6.45) is 3.91. The molecule has 5 heteroatoms. The molecular weight excluding hydrogens is 306 g/mol. The molecule has 0 aliphatic carbocycles. The molecule has 2 heterocycles. The highest BCUT2D eigenvalue weighted by Crippen LogP contribution is 2.23. The lowest BCUT2D eigenvalue weighted by Gasteiger charge is -2.26. The van der Waals surface area contributed by atoms with Crippen molar-refractivity contribution in [2.75, 3.05) is 26.2 Å². The monoisotopic (exact) mass is 329 g/mol. The van der Waals surface area contributed by atoms with Crippen LogP contribution in [0.2, 0.25) is 0 Å². The van der Waals surface area contributed by atoms with Crippen LogP contribution in [0.1, 0.15) is 35.3 Å². The lowest BCUT2D eigenvalue weighted by molar-refractivity contribution is 0.0946. The molecule has 3 rings (SSSR count). The summed E-state index contributed by atoms with van der Waals surface area (Å²) in [6, 6.07) is 7.69. The van der Waals surface area contributed by atoms with E-state index in [1.807, 2.05) is 36.6 Å². The molecule has 0 saturated carbocycles. The zero-order valence-electron chi connectivity index (χ0n) is 13.5. The second-order valence-electron chi connectivity index (χ2n) is 6.03. The molecule has 122 valence electrons. The van der Waals surface area contributed by atoms with E-state index in [0.29, 0.717) is 12.1 Å². The van der Waals surface area contributed by atoms with Gasteiger partial charge in [-0.25, -0.2) is 4.98 Å². The Bertz CT molecular complexity index is 645. The molecule has 0 unspecified atom stereocenters. The number of aromatic nitrogens is 1. The number of hydrogen-bond acceptors (Lipinski definition) is 4. The number of nitrogens with one attached hydrogen (secondary N) is 1. The van der Waals surface area contributed by atoms with Crippen LogP contribution in [0.3, 0.4) is 0 Å². The van der Waals surface area contributed by atoms with Crippen molar-refractivity contribution in [2.45, 2.75) is 26.2 Å². The van der Waals surface area contributed by atoms with E-state index in [9.17, 15) is 4.79 Å². The van der Waals surface area contributed by atoms with Gasteiger partial charge in [-0.1, -0.05) is 18.6 Å². The van der Waals surface area contributed by atoms with E-state index in [0.717, 1.165) is 35.9 Å². The van der Waals surface area contributed by atoms with E-state index in [1.165, 1.54) is 19.3 Å². The third-order valence-corrected chi connectivity index (χ3v) is 5.18. The Balaban J connectivity index is 1.51. The molecule has 0 atom stereocenters. The third-order valence-electron chi connectivity index (χ3n) is 4.18. The number of carbonyl (C=O) groups is 1. The molecule has 1 saturated heterocycles. The molecule has 1 aromatic carbocycles. The molecule has 1 aliphatic heterocycles. The van der Waals surface area contributed by atoms with Gasteiger partial charge in [0.1, 0.15) is 5.01 Å². The maximum Gasteiger partial charge on any atom is 0.251 e. The Hall–Kier alpha value is -1.72. The normalized spacial score (nSPS) is 15.5. The van der Waals surface area contributed by atoms with Gasteiger partial charge in [-0.15, -0.1) is 11.3 Å². The SMILES string of the molecule is Cc1csc(-c2ccc(C(=O)NCCN3CCCCC3)cc2)n1. The van der Waals surface area contributed by atoms with E-state index < -0.39 is 0 Å². The lowest BCUT2D eigenvalue weighted by Crippen LogP contribution is -2.37. The number of amides is 1. The fraction of sp³-hybridized carbons (Fsp3) is 0.444. The van der Waals surface area contributed by atoms with Crippen LogP contribution in [0.4, 0.5) is 0 Å². The van der Waals surface area contributed by atoms with Gasteiger partial charge in [0.2, 0.25) is 0 Å².